The number of rotatable bonds is 7. The Balaban J connectivity index is 2.15. The lowest BCUT2D eigenvalue weighted by atomic mass is 10.1. The number of hydrogen-bond donors (Lipinski definition) is 3. The molecule has 0 aliphatic carbocycles. The molecule has 8 heteroatoms. The maximum absolute atomic E-state index is 12.6. The maximum Gasteiger partial charge on any atom is 0.255 e. The van der Waals surface area contributed by atoms with Gasteiger partial charge in [0.1, 0.15) is 0 Å². The number of carbonyl (C=O) groups excluding carboxylic acids is 2. The largest absolute Gasteiger partial charge is 0.347 e. The predicted molar refractivity (Wildman–Crippen MR) is 120 cm³/mol. The highest BCUT2D eigenvalue weighted by atomic mass is 32.2. The summed E-state index contributed by atoms with van der Waals surface area (Å²) in [5.74, 6) is -0.537. The Labute approximate surface area is 178 Å². The van der Waals surface area contributed by atoms with E-state index in [0.29, 0.717) is 34.5 Å². The molecule has 0 saturated carbocycles. The molecule has 0 fully saturated rings. The molecule has 2 amide bonds. The summed E-state index contributed by atoms with van der Waals surface area (Å²) < 4.78 is 26.7. The fraction of sp³-hybridized carbons (Fsp3) is 0.364. The van der Waals surface area contributed by atoms with Gasteiger partial charge in [-0.05, 0) is 76.1 Å². The van der Waals surface area contributed by atoms with Crippen molar-refractivity contribution < 1.29 is 18.0 Å². The van der Waals surface area contributed by atoms with Crippen LogP contribution in [-0.2, 0) is 10.0 Å². The summed E-state index contributed by atoms with van der Waals surface area (Å²) in [5.41, 5.74) is 2.05. The van der Waals surface area contributed by atoms with Gasteiger partial charge in [-0.15, -0.1) is 0 Å². The van der Waals surface area contributed by atoms with Crippen molar-refractivity contribution in [1.82, 2.24) is 5.32 Å². The lowest BCUT2D eigenvalue weighted by Crippen LogP contribution is -2.40. The SMILES string of the molecule is CCCS(=O)(=O)Nc1cccc(NC(=O)c2ccc(C(=O)NC(C)(C)C)cc2)c1C. The first-order valence-electron chi connectivity index (χ1n) is 9.76. The number of anilines is 2. The van der Waals surface area contributed by atoms with Crippen molar-refractivity contribution in [3.05, 3.63) is 59.2 Å². The van der Waals surface area contributed by atoms with Crippen LogP contribution in [0.5, 0.6) is 0 Å². The van der Waals surface area contributed by atoms with Crippen molar-refractivity contribution in [3.8, 4) is 0 Å². The van der Waals surface area contributed by atoms with Crippen molar-refractivity contribution in [3.63, 3.8) is 0 Å². The van der Waals surface area contributed by atoms with Gasteiger partial charge in [-0.2, -0.15) is 0 Å². The topological polar surface area (TPSA) is 104 Å². The van der Waals surface area contributed by atoms with E-state index in [4.69, 9.17) is 0 Å². The second-order valence-electron chi connectivity index (χ2n) is 8.13. The molecule has 0 saturated heterocycles. The molecule has 0 aliphatic rings. The van der Waals surface area contributed by atoms with Gasteiger partial charge in [0.2, 0.25) is 10.0 Å². The van der Waals surface area contributed by atoms with E-state index in [0.717, 1.165) is 0 Å². The van der Waals surface area contributed by atoms with Crippen LogP contribution in [0.25, 0.3) is 0 Å². The highest BCUT2D eigenvalue weighted by Gasteiger charge is 2.17. The highest BCUT2D eigenvalue weighted by Crippen LogP contribution is 2.25. The first kappa shape index (κ1) is 23.4. The van der Waals surface area contributed by atoms with E-state index in [2.05, 4.69) is 15.4 Å². The minimum Gasteiger partial charge on any atom is -0.347 e. The normalized spacial score (nSPS) is 11.6. The van der Waals surface area contributed by atoms with E-state index in [1.807, 2.05) is 20.8 Å². The number of benzene rings is 2. The molecular formula is C22H29N3O4S. The molecule has 0 spiro atoms. The third-order valence-corrected chi connectivity index (χ3v) is 5.69. The Kier molecular flexibility index (Phi) is 7.25. The van der Waals surface area contributed by atoms with Crippen molar-refractivity contribution in [2.45, 2.75) is 46.6 Å². The summed E-state index contributed by atoms with van der Waals surface area (Å²) >= 11 is 0. The Hall–Kier alpha value is -2.87. The zero-order valence-corrected chi connectivity index (χ0v) is 18.8. The van der Waals surface area contributed by atoms with Gasteiger partial charge in [-0.3, -0.25) is 14.3 Å². The molecule has 0 radical (unpaired) electrons. The molecule has 0 aromatic heterocycles. The Morgan fingerprint density at radius 1 is 0.900 bits per heavy atom. The second-order valence-corrected chi connectivity index (χ2v) is 9.98. The summed E-state index contributed by atoms with van der Waals surface area (Å²) in [5, 5.41) is 5.67. The molecule has 30 heavy (non-hydrogen) atoms. The van der Waals surface area contributed by atoms with Gasteiger partial charge in [0.25, 0.3) is 11.8 Å². The van der Waals surface area contributed by atoms with Crippen molar-refractivity contribution in [2.75, 3.05) is 15.8 Å². The Morgan fingerprint density at radius 3 is 1.97 bits per heavy atom. The van der Waals surface area contributed by atoms with Gasteiger partial charge in [-0.1, -0.05) is 13.0 Å². The van der Waals surface area contributed by atoms with Crippen LogP contribution in [0.3, 0.4) is 0 Å². The lowest BCUT2D eigenvalue weighted by molar-refractivity contribution is 0.0918. The van der Waals surface area contributed by atoms with E-state index in [1.165, 1.54) is 0 Å². The molecular weight excluding hydrogens is 402 g/mol. The zero-order valence-electron chi connectivity index (χ0n) is 18.0. The molecule has 2 aromatic carbocycles. The molecule has 0 bridgehead atoms. The highest BCUT2D eigenvalue weighted by molar-refractivity contribution is 7.92. The molecule has 2 aromatic rings. The van der Waals surface area contributed by atoms with E-state index in [-0.39, 0.29) is 23.1 Å². The monoisotopic (exact) mass is 431 g/mol. The summed E-state index contributed by atoms with van der Waals surface area (Å²) in [6, 6.07) is 11.4. The average Bonchev–Trinajstić information content (AvgIpc) is 2.63. The average molecular weight is 432 g/mol. The second kappa shape index (κ2) is 9.30. The molecule has 7 nitrogen and oxygen atoms in total. The summed E-state index contributed by atoms with van der Waals surface area (Å²) in [4.78, 5) is 24.8. The molecule has 0 atom stereocenters. The first-order valence-corrected chi connectivity index (χ1v) is 11.4. The smallest absolute Gasteiger partial charge is 0.255 e. The minimum absolute atomic E-state index is 0.0260. The molecule has 2 rings (SSSR count). The van der Waals surface area contributed by atoms with Gasteiger partial charge in [0.05, 0.1) is 11.4 Å². The van der Waals surface area contributed by atoms with Crippen LogP contribution >= 0.6 is 0 Å². The molecule has 0 unspecified atom stereocenters. The van der Waals surface area contributed by atoms with E-state index in [1.54, 1.807) is 56.3 Å². The van der Waals surface area contributed by atoms with Crippen LogP contribution in [0.1, 0.15) is 60.4 Å². The molecule has 0 heterocycles. The van der Waals surface area contributed by atoms with Crippen LogP contribution in [0.2, 0.25) is 0 Å². The van der Waals surface area contributed by atoms with Gasteiger partial charge in [0.15, 0.2) is 0 Å². The summed E-state index contributed by atoms with van der Waals surface area (Å²) in [6.45, 7) is 9.21. The number of carbonyl (C=O) groups is 2. The Bertz CT molecular complexity index is 1020. The number of amides is 2. The number of nitrogens with one attached hydrogen (secondary N) is 3. The van der Waals surface area contributed by atoms with Gasteiger partial charge in [-0.25, -0.2) is 8.42 Å². The third kappa shape index (κ3) is 6.59. The van der Waals surface area contributed by atoms with Gasteiger partial charge >= 0.3 is 0 Å². The van der Waals surface area contributed by atoms with Crippen molar-refractivity contribution >= 4 is 33.2 Å². The number of hydrogen-bond acceptors (Lipinski definition) is 4. The van der Waals surface area contributed by atoms with Crippen molar-refractivity contribution in [1.29, 1.82) is 0 Å². The summed E-state index contributed by atoms with van der Waals surface area (Å²) in [7, 11) is -3.43. The van der Waals surface area contributed by atoms with Crippen molar-refractivity contribution in [2.24, 2.45) is 0 Å². The van der Waals surface area contributed by atoms with Gasteiger partial charge in [0, 0.05) is 22.4 Å². The fourth-order valence-corrected chi connectivity index (χ4v) is 3.94. The van der Waals surface area contributed by atoms with Crippen LogP contribution in [0, 0.1) is 6.92 Å². The molecule has 3 N–H and O–H groups in total. The quantitative estimate of drug-likeness (QED) is 0.618. The lowest BCUT2D eigenvalue weighted by Gasteiger charge is -2.20. The van der Waals surface area contributed by atoms with Crippen LogP contribution < -0.4 is 15.4 Å². The molecule has 162 valence electrons. The zero-order chi connectivity index (χ0) is 22.5. The van der Waals surface area contributed by atoms with E-state index < -0.39 is 10.0 Å². The van der Waals surface area contributed by atoms with Crippen LogP contribution in [0.15, 0.2) is 42.5 Å². The standard InChI is InChI=1S/C22H29N3O4S/c1-6-14-30(28,29)25-19-9-7-8-18(15(19)2)23-20(26)16-10-12-17(13-11-16)21(27)24-22(3,4)5/h7-13,25H,6,14H2,1-5H3,(H,23,26)(H,24,27). The third-order valence-electron chi connectivity index (χ3n) is 4.22. The minimum atomic E-state index is -3.43. The molecule has 0 aliphatic heterocycles. The van der Waals surface area contributed by atoms with E-state index >= 15 is 0 Å². The van der Waals surface area contributed by atoms with Crippen LogP contribution in [-0.4, -0.2) is 31.5 Å². The predicted octanol–water partition coefficient (Wildman–Crippen LogP) is 3.93. The maximum atomic E-state index is 12.6. The van der Waals surface area contributed by atoms with Crippen LogP contribution in [0.4, 0.5) is 11.4 Å². The summed E-state index contributed by atoms with van der Waals surface area (Å²) in [6.07, 6.45) is 0.509. The fourth-order valence-electron chi connectivity index (χ4n) is 2.75. The Morgan fingerprint density at radius 2 is 1.43 bits per heavy atom. The number of sulfonamides is 1. The van der Waals surface area contributed by atoms with E-state index in [9.17, 15) is 18.0 Å². The first-order chi connectivity index (χ1) is 13.9. The van der Waals surface area contributed by atoms with Gasteiger partial charge < -0.3 is 10.6 Å².